The number of nitrogen functional groups attached to an aromatic ring is 1. The molecule has 2 aromatic heterocycles. The van der Waals surface area contributed by atoms with Gasteiger partial charge in [0, 0.05) is 6.54 Å². The molecule has 0 unspecified atom stereocenters. The van der Waals surface area contributed by atoms with Gasteiger partial charge in [0.25, 0.3) is 0 Å². The first kappa shape index (κ1) is 10.2. The SMILES string of the molecule is CC(C)CNc1nc(N)nc2sccc12. The van der Waals surface area contributed by atoms with Gasteiger partial charge in [-0.25, -0.2) is 4.98 Å². The van der Waals surface area contributed by atoms with Gasteiger partial charge in [0.1, 0.15) is 10.6 Å². The van der Waals surface area contributed by atoms with Crippen LogP contribution in [0.15, 0.2) is 11.4 Å². The van der Waals surface area contributed by atoms with Crippen molar-refractivity contribution in [2.45, 2.75) is 13.8 Å². The Labute approximate surface area is 92.5 Å². The van der Waals surface area contributed by atoms with Crippen LogP contribution in [0, 0.1) is 5.92 Å². The fraction of sp³-hybridized carbons (Fsp3) is 0.400. The fourth-order valence-corrected chi connectivity index (χ4v) is 2.08. The molecule has 0 bridgehead atoms. The molecule has 0 aliphatic heterocycles. The molecule has 2 aromatic rings. The zero-order chi connectivity index (χ0) is 10.8. The van der Waals surface area contributed by atoms with Crippen molar-refractivity contribution in [3.8, 4) is 0 Å². The average molecular weight is 222 g/mol. The van der Waals surface area contributed by atoms with Crippen LogP contribution in [0.2, 0.25) is 0 Å². The molecule has 0 aromatic carbocycles. The van der Waals surface area contributed by atoms with E-state index >= 15 is 0 Å². The van der Waals surface area contributed by atoms with E-state index in [-0.39, 0.29) is 0 Å². The summed E-state index contributed by atoms with van der Waals surface area (Å²) in [6, 6.07) is 2.02. The highest BCUT2D eigenvalue weighted by Crippen LogP contribution is 2.25. The molecule has 3 N–H and O–H groups in total. The highest BCUT2D eigenvalue weighted by molar-refractivity contribution is 7.16. The van der Waals surface area contributed by atoms with Crippen molar-refractivity contribution in [1.29, 1.82) is 0 Å². The molecule has 0 aliphatic carbocycles. The Hall–Kier alpha value is -1.36. The lowest BCUT2D eigenvalue weighted by atomic mass is 10.2. The van der Waals surface area contributed by atoms with Gasteiger partial charge < -0.3 is 11.1 Å². The normalized spacial score (nSPS) is 11.1. The first-order valence-corrected chi connectivity index (χ1v) is 5.79. The highest BCUT2D eigenvalue weighted by atomic mass is 32.1. The minimum atomic E-state index is 0.330. The molecule has 2 rings (SSSR count). The van der Waals surface area contributed by atoms with Crippen LogP contribution in [-0.4, -0.2) is 16.5 Å². The second kappa shape index (κ2) is 4.02. The summed E-state index contributed by atoms with van der Waals surface area (Å²) in [7, 11) is 0. The lowest BCUT2D eigenvalue weighted by molar-refractivity contribution is 0.687. The van der Waals surface area contributed by atoms with Crippen molar-refractivity contribution in [3.63, 3.8) is 0 Å². The Kier molecular flexibility index (Phi) is 2.73. The minimum Gasteiger partial charge on any atom is -0.369 e. The number of thiophene rings is 1. The van der Waals surface area contributed by atoms with Crippen LogP contribution < -0.4 is 11.1 Å². The van der Waals surface area contributed by atoms with Gasteiger partial charge in [-0.15, -0.1) is 11.3 Å². The van der Waals surface area contributed by atoms with Gasteiger partial charge in [0.05, 0.1) is 5.39 Å². The minimum absolute atomic E-state index is 0.330. The van der Waals surface area contributed by atoms with Crippen molar-refractivity contribution in [3.05, 3.63) is 11.4 Å². The Balaban J connectivity index is 2.35. The third-order valence-corrected chi connectivity index (χ3v) is 2.83. The monoisotopic (exact) mass is 222 g/mol. The molecule has 15 heavy (non-hydrogen) atoms. The van der Waals surface area contributed by atoms with E-state index in [1.54, 1.807) is 11.3 Å². The number of fused-ring (bicyclic) bond motifs is 1. The zero-order valence-electron chi connectivity index (χ0n) is 8.82. The number of hydrogen-bond donors (Lipinski definition) is 2. The molecule has 0 saturated heterocycles. The number of nitrogens with two attached hydrogens (primary N) is 1. The van der Waals surface area contributed by atoms with E-state index in [2.05, 4.69) is 29.1 Å². The van der Waals surface area contributed by atoms with Crippen LogP contribution in [0.5, 0.6) is 0 Å². The van der Waals surface area contributed by atoms with Gasteiger partial charge >= 0.3 is 0 Å². The van der Waals surface area contributed by atoms with Crippen LogP contribution in [0.25, 0.3) is 10.2 Å². The summed E-state index contributed by atoms with van der Waals surface area (Å²) in [6.07, 6.45) is 0. The molecule has 0 spiro atoms. The topological polar surface area (TPSA) is 63.8 Å². The molecule has 5 heteroatoms. The highest BCUT2D eigenvalue weighted by Gasteiger charge is 2.06. The van der Waals surface area contributed by atoms with Crippen LogP contribution >= 0.6 is 11.3 Å². The summed E-state index contributed by atoms with van der Waals surface area (Å²) in [4.78, 5) is 9.31. The molecular weight excluding hydrogens is 208 g/mol. The van der Waals surface area contributed by atoms with Gasteiger partial charge in [-0.3, -0.25) is 0 Å². The summed E-state index contributed by atoms with van der Waals surface area (Å²) >= 11 is 1.58. The number of nitrogens with zero attached hydrogens (tertiary/aromatic N) is 2. The van der Waals surface area contributed by atoms with Crippen LogP contribution in [0.4, 0.5) is 11.8 Å². The molecule has 0 radical (unpaired) electrons. The van der Waals surface area contributed by atoms with Crippen molar-refractivity contribution in [1.82, 2.24) is 9.97 Å². The average Bonchev–Trinajstić information content (AvgIpc) is 2.61. The van der Waals surface area contributed by atoms with Crippen molar-refractivity contribution < 1.29 is 0 Å². The van der Waals surface area contributed by atoms with Crippen LogP contribution in [0.3, 0.4) is 0 Å². The molecule has 2 heterocycles. The quantitative estimate of drug-likeness (QED) is 0.836. The predicted molar refractivity (Wildman–Crippen MR) is 65.2 cm³/mol. The Morgan fingerprint density at radius 2 is 2.27 bits per heavy atom. The van der Waals surface area contributed by atoms with Crippen LogP contribution in [-0.2, 0) is 0 Å². The van der Waals surface area contributed by atoms with Crippen molar-refractivity contribution in [2.75, 3.05) is 17.6 Å². The second-order valence-electron chi connectivity index (χ2n) is 3.84. The van der Waals surface area contributed by atoms with E-state index in [9.17, 15) is 0 Å². The van der Waals surface area contributed by atoms with E-state index in [0.29, 0.717) is 11.9 Å². The van der Waals surface area contributed by atoms with E-state index in [0.717, 1.165) is 22.6 Å². The molecule has 4 nitrogen and oxygen atoms in total. The van der Waals surface area contributed by atoms with Crippen LogP contribution in [0.1, 0.15) is 13.8 Å². The lowest BCUT2D eigenvalue weighted by Crippen LogP contribution is -2.10. The maximum absolute atomic E-state index is 5.63. The zero-order valence-corrected chi connectivity index (χ0v) is 9.64. The molecular formula is C10H14N4S. The standard InChI is InChI=1S/C10H14N4S/c1-6(2)5-12-8-7-3-4-15-9(7)14-10(11)13-8/h3-4,6H,5H2,1-2H3,(H3,11,12,13,14). The predicted octanol–water partition coefficient (Wildman–Crippen LogP) is 2.34. The number of rotatable bonds is 3. The van der Waals surface area contributed by atoms with Gasteiger partial charge in [-0.1, -0.05) is 13.8 Å². The lowest BCUT2D eigenvalue weighted by Gasteiger charge is -2.09. The molecule has 0 amide bonds. The van der Waals surface area contributed by atoms with E-state index in [4.69, 9.17) is 5.73 Å². The summed E-state index contributed by atoms with van der Waals surface area (Å²) in [5.41, 5.74) is 5.63. The molecule has 0 fully saturated rings. The van der Waals surface area contributed by atoms with Gasteiger partial charge in [-0.2, -0.15) is 4.98 Å². The molecule has 0 atom stereocenters. The van der Waals surface area contributed by atoms with E-state index in [1.807, 2.05) is 11.4 Å². The van der Waals surface area contributed by atoms with Crippen molar-refractivity contribution >= 4 is 33.3 Å². The first-order chi connectivity index (χ1) is 7.16. The largest absolute Gasteiger partial charge is 0.369 e. The molecule has 0 saturated carbocycles. The fourth-order valence-electron chi connectivity index (χ4n) is 1.31. The van der Waals surface area contributed by atoms with E-state index in [1.165, 1.54) is 0 Å². The summed E-state index contributed by atoms with van der Waals surface area (Å²) in [6.45, 7) is 5.20. The van der Waals surface area contributed by atoms with Gasteiger partial charge in [0.15, 0.2) is 0 Å². The van der Waals surface area contributed by atoms with Gasteiger partial charge in [0.2, 0.25) is 5.95 Å². The number of anilines is 2. The van der Waals surface area contributed by atoms with Gasteiger partial charge in [-0.05, 0) is 17.4 Å². The summed E-state index contributed by atoms with van der Waals surface area (Å²) in [5.74, 6) is 1.75. The number of aromatic nitrogens is 2. The summed E-state index contributed by atoms with van der Waals surface area (Å²) in [5, 5.41) is 6.34. The Bertz CT molecular complexity index is 463. The first-order valence-electron chi connectivity index (χ1n) is 4.91. The maximum atomic E-state index is 5.63. The second-order valence-corrected chi connectivity index (χ2v) is 4.74. The number of nitrogens with one attached hydrogen (secondary N) is 1. The Morgan fingerprint density at radius 3 is 3.00 bits per heavy atom. The maximum Gasteiger partial charge on any atom is 0.223 e. The summed E-state index contributed by atoms with van der Waals surface area (Å²) < 4.78 is 0. The smallest absolute Gasteiger partial charge is 0.223 e. The molecule has 80 valence electrons. The molecule has 0 aliphatic rings. The number of hydrogen-bond acceptors (Lipinski definition) is 5. The third kappa shape index (κ3) is 2.18. The van der Waals surface area contributed by atoms with E-state index < -0.39 is 0 Å². The third-order valence-electron chi connectivity index (χ3n) is 2.02. The Morgan fingerprint density at radius 1 is 1.47 bits per heavy atom. The van der Waals surface area contributed by atoms with Crippen molar-refractivity contribution in [2.24, 2.45) is 5.92 Å².